The molecular weight excluding hydrogens is 473 g/mol. The first kappa shape index (κ1) is 23.1. The third kappa shape index (κ3) is 5.54. The van der Waals surface area contributed by atoms with E-state index in [0.29, 0.717) is 10.9 Å². The molecule has 0 aliphatic heterocycles. The third-order valence-corrected chi connectivity index (χ3v) is 6.26. The van der Waals surface area contributed by atoms with Crippen molar-refractivity contribution < 1.29 is 13.9 Å². The number of esters is 1. The van der Waals surface area contributed by atoms with Gasteiger partial charge < -0.3 is 4.74 Å². The summed E-state index contributed by atoms with van der Waals surface area (Å²) >= 11 is 1.53. The van der Waals surface area contributed by atoms with Crippen LogP contribution in [0.1, 0.15) is 15.9 Å². The lowest BCUT2D eigenvalue weighted by atomic mass is 10.1. The Morgan fingerprint density at radius 3 is 2.14 bits per heavy atom. The molecule has 1 aromatic heterocycles. The molecule has 5 aromatic rings. The second-order valence-corrected chi connectivity index (χ2v) is 8.76. The van der Waals surface area contributed by atoms with Crippen molar-refractivity contribution in [3.63, 3.8) is 0 Å². The van der Waals surface area contributed by atoms with Crippen LogP contribution in [-0.2, 0) is 0 Å². The van der Waals surface area contributed by atoms with E-state index in [1.807, 2.05) is 48.5 Å². The van der Waals surface area contributed by atoms with E-state index in [9.17, 15) is 9.18 Å². The van der Waals surface area contributed by atoms with Gasteiger partial charge in [0, 0.05) is 5.56 Å². The Labute approximate surface area is 211 Å². The lowest BCUT2D eigenvalue weighted by Gasteiger charge is -2.04. The SMILES string of the molecule is O=C(Oc1ccc(/C=N\Nc2nc(-c3ccccc3)c(-c3ccccc3)s2)cc1)c1ccc(F)cc1. The van der Waals surface area contributed by atoms with Crippen molar-refractivity contribution in [1.82, 2.24) is 4.98 Å². The standard InChI is InChI=1S/C29H20FN3O2S/c30-24-15-13-23(14-16-24)28(34)35-25-17-11-20(12-18-25)19-31-33-29-32-26(21-7-3-1-4-8-21)27(36-29)22-9-5-2-6-10-22/h1-19H,(H,32,33)/b31-19-. The number of hydrogen-bond acceptors (Lipinski definition) is 6. The topological polar surface area (TPSA) is 63.6 Å². The molecule has 0 fully saturated rings. The highest BCUT2D eigenvalue weighted by Crippen LogP contribution is 2.38. The van der Waals surface area contributed by atoms with E-state index in [1.54, 1.807) is 30.5 Å². The molecule has 0 bridgehead atoms. The van der Waals surface area contributed by atoms with E-state index in [2.05, 4.69) is 22.7 Å². The van der Waals surface area contributed by atoms with Crippen molar-refractivity contribution >= 4 is 28.7 Å². The number of rotatable bonds is 7. The highest BCUT2D eigenvalue weighted by atomic mass is 32.1. The molecule has 5 rings (SSSR count). The van der Waals surface area contributed by atoms with E-state index in [4.69, 9.17) is 9.72 Å². The monoisotopic (exact) mass is 493 g/mol. The summed E-state index contributed by atoms with van der Waals surface area (Å²) in [6.07, 6.45) is 1.66. The average molecular weight is 494 g/mol. The highest BCUT2D eigenvalue weighted by molar-refractivity contribution is 7.19. The van der Waals surface area contributed by atoms with Crippen molar-refractivity contribution in [2.45, 2.75) is 0 Å². The molecule has 0 radical (unpaired) electrons. The van der Waals surface area contributed by atoms with E-state index >= 15 is 0 Å². The predicted molar refractivity (Wildman–Crippen MR) is 142 cm³/mol. The molecule has 0 unspecified atom stereocenters. The summed E-state index contributed by atoms with van der Waals surface area (Å²) in [6.45, 7) is 0. The zero-order valence-corrected chi connectivity index (χ0v) is 19.8. The normalized spacial score (nSPS) is 10.9. The molecule has 0 atom stereocenters. The van der Waals surface area contributed by atoms with E-state index < -0.39 is 11.8 Å². The number of carbonyl (C=O) groups excluding carboxylic acids is 1. The second-order valence-electron chi connectivity index (χ2n) is 7.76. The molecule has 4 aromatic carbocycles. The Kier molecular flexibility index (Phi) is 6.91. The van der Waals surface area contributed by atoms with Gasteiger partial charge in [-0.3, -0.25) is 5.43 Å². The number of nitrogens with zero attached hydrogens (tertiary/aromatic N) is 2. The van der Waals surface area contributed by atoms with Gasteiger partial charge in [-0.15, -0.1) is 0 Å². The number of benzene rings is 4. The summed E-state index contributed by atoms with van der Waals surface area (Å²) in [7, 11) is 0. The van der Waals surface area contributed by atoms with E-state index in [0.717, 1.165) is 27.3 Å². The predicted octanol–water partition coefficient (Wildman–Crippen LogP) is 7.28. The van der Waals surface area contributed by atoms with Crippen LogP contribution in [0.15, 0.2) is 114 Å². The molecule has 5 nitrogen and oxygen atoms in total. The van der Waals surface area contributed by atoms with Crippen LogP contribution in [0.4, 0.5) is 9.52 Å². The molecule has 176 valence electrons. The molecule has 0 aliphatic carbocycles. The Balaban J connectivity index is 1.27. The number of anilines is 1. The minimum absolute atomic E-state index is 0.277. The highest BCUT2D eigenvalue weighted by Gasteiger charge is 2.14. The Bertz CT molecular complexity index is 1430. The summed E-state index contributed by atoms with van der Waals surface area (Å²) in [6, 6.07) is 32.3. The molecule has 36 heavy (non-hydrogen) atoms. The van der Waals surface area contributed by atoms with Crippen LogP contribution in [0.3, 0.4) is 0 Å². The lowest BCUT2D eigenvalue weighted by molar-refractivity contribution is 0.0734. The van der Waals surface area contributed by atoms with Crippen LogP contribution in [-0.4, -0.2) is 17.2 Å². The number of hydrogen-bond donors (Lipinski definition) is 1. The average Bonchev–Trinajstić information content (AvgIpc) is 3.35. The molecular formula is C29H20FN3O2S. The number of carbonyl (C=O) groups is 1. The first-order valence-corrected chi connectivity index (χ1v) is 12.0. The van der Waals surface area contributed by atoms with Gasteiger partial charge in [0.2, 0.25) is 5.13 Å². The van der Waals surface area contributed by atoms with Crippen molar-refractivity contribution in [1.29, 1.82) is 0 Å². The molecule has 1 heterocycles. The van der Waals surface area contributed by atoms with Gasteiger partial charge in [0.05, 0.1) is 22.3 Å². The molecule has 0 aliphatic rings. The van der Waals surface area contributed by atoms with Gasteiger partial charge in [0.15, 0.2) is 0 Å². The fourth-order valence-electron chi connectivity index (χ4n) is 3.48. The van der Waals surface area contributed by atoms with Crippen LogP contribution in [0.5, 0.6) is 5.75 Å². The maximum absolute atomic E-state index is 13.0. The van der Waals surface area contributed by atoms with Crippen LogP contribution in [0.2, 0.25) is 0 Å². The smallest absolute Gasteiger partial charge is 0.343 e. The largest absolute Gasteiger partial charge is 0.423 e. The first-order valence-electron chi connectivity index (χ1n) is 11.1. The first-order chi connectivity index (χ1) is 17.7. The minimum Gasteiger partial charge on any atom is -0.423 e. The minimum atomic E-state index is -0.551. The maximum Gasteiger partial charge on any atom is 0.343 e. The van der Waals surface area contributed by atoms with Crippen LogP contribution < -0.4 is 10.2 Å². The lowest BCUT2D eigenvalue weighted by Crippen LogP contribution is -2.08. The molecule has 0 saturated heterocycles. The molecule has 0 amide bonds. The Morgan fingerprint density at radius 1 is 0.833 bits per heavy atom. The quantitative estimate of drug-likeness (QED) is 0.112. The molecule has 7 heteroatoms. The fraction of sp³-hybridized carbons (Fsp3) is 0. The van der Waals surface area contributed by atoms with Gasteiger partial charge >= 0.3 is 5.97 Å². The van der Waals surface area contributed by atoms with Crippen LogP contribution >= 0.6 is 11.3 Å². The molecule has 0 saturated carbocycles. The van der Waals surface area contributed by atoms with Gasteiger partial charge in [0.25, 0.3) is 0 Å². The molecule has 0 spiro atoms. The van der Waals surface area contributed by atoms with Gasteiger partial charge in [-0.1, -0.05) is 72.0 Å². The van der Waals surface area contributed by atoms with Gasteiger partial charge in [0.1, 0.15) is 11.6 Å². The maximum atomic E-state index is 13.0. The van der Waals surface area contributed by atoms with Crippen LogP contribution in [0, 0.1) is 5.82 Å². The summed E-state index contributed by atoms with van der Waals surface area (Å²) in [4.78, 5) is 18.0. The number of nitrogens with one attached hydrogen (secondary N) is 1. The summed E-state index contributed by atoms with van der Waals surface area (Å²) in [5.41, 5.74) is 7.15. The Hall–Kier alpha value is -4.62. The number of halogens is 1. The van der Waals surface area contributed by atoms with Crippen LogP contribution in [0.25, 0.3) is 21.7 Å². The molecule has 1 N–H and O–H groups in total. The van der Waals surface area contributed by atoms with Gasteiger partial charge in [-0.2, -0.15) is 5.10 Å². The fourth-order valence-corrected chi connectivity index (χ4v) is 4.42. The van der Waals surface area contributed by atoms with Crippen molar-refractivity contribution in [3.8, 4) is 27.4 Å². The third-order valence-electron chi connectivity index (χ3n) is 5.25. The number of hydrazone groups is 1. The van der Waals surface area contributed by atoms with E-state index in [1.165, 1.54) is 35.6 Å². The summed E-state index contributed by atoms with van der Waals surface area (Å²) in [5.74, 6) is -0.575. The number of ether oxygens (including phenoxy) is 1. The number of thiazole rings is 1. The van der Waals surface area contributed by atoms with Crippen molar-refractivity contribution in [2.75, 3.05) is 5.43 Å². The van der Waals surface area contributed by atoms with Crippen molar-refractivity contribution in [3.05, 3.63) is 126 Å². The van der Waals surface area contributed by atoms with E-state index in [-0.39, 0.29) is 5.56 Å². The zero-order valence-electron chi connectivity index (χ0n) is 19.0. The second kappa shape index (κ2) is 10.8. The van der Waals surface area contributed by atoms with Gasteiger partial charge in [-0.25, -0.2) is 14.2 Å². The number of aromatic nitrogens is 1. The zero-order chi connectivity index (χ0) is 24.7. The Morgan fingerprint density at radius 2 is 1.47 bits per heavy atom. The van der Waals surface area contributed by atoms with Gasteiger partial charge in [-0.05, 0) is 59.7 Å². The van der Waals surface area contributed by atoms with Crippen molar-refractivity contribution in [2.24, 2.45) is 5.10 Å². The summed E-state index contributed by atoms with van der Waals surface area (Å²) in [5, 5.41) is 5.00. The summed E-state index contributed by atoms with van der Waals surface area (Å²) < 4.78 is 18.4.